The Labute approximate surface area is 76.0 Å². The van der Waals surface area contributed by atoms with Crippen LogP contribution >= 0.6 is 0 Å². The van der Waals surface area contributed by atoms with Gasteiger partial charge < -0.3 is 0 Å². The van der Waals surface area contributed by atoms with Gasteiger partial charge in [-0.2, -0.15) is 12.8 Å². The standard InChI is InChI=1S/C8H7NO3S/c1-2-13(11,12)9-7-3-5-8(10)6-4-7/h2-6H,1H2. The van der Waals surface area contributed by atoms with Crippen molar-refractivity contribution in [2.75, 3.05) is 0 Å². The molecule has 68 valence electrons. The molecule has 1 aliphatic carbocycles. The third-order valence-corrected chi connectivity index (χ3v) is 2.17. The molecular formula is C8H7NO3S. The van der Waals surface area contributed by atoms with Crippen molar-refractivity contribution in [1.82, 2.24) is 0 Å². The third-order valence-electron chi connectivity index (χ3n) is 1.28. The smallest absolute Gasteiger partial charge is 0.275 e. The van der Waals surface area contributed by atoms with Crippen molar-refractivity contribution in [2.24, 2.45) is 4.40 Å². The number of carbonyl (C=O) groups is 1. The summed E-state index contributed by atoms with van der Waals surface area (Å²) in [6.07, 6.45) is 5.17. The predicted molar refractivity (Wildman–Crippen MR) is 49.8 cm³/mol. The molecule has 0 amide bonds. The highest BCUT2D eigenvalue weighted by Gasteiger charge is 2.04. The molecule has 0 spiro atoms. The number of ketones is 1. The van der Waals surface area contributed by atoms with Crippen molar-refractivity contribution in [3.8, 4) is 0 Å². The summed E-state index contributed by atoms with van der Waals surface area (Å²) >= 11 is 0. The SMILES string of the molecule is C=CS(=O)(=O)N=C1C=CC(=O)C=C1. The first-order chi connectivity index (χ1) is 6.03. The number of hydrogen-bond donors (Lipinski definition) is 0. The van der Waals surface area contributed by atoms with Crippen LogP contribution < -0.4 is 0 Å². The van der Waals surface area contributed by atoms with Crippen molar-refractivity contribution in [1.29, 1.82) is 0 Å². The monoisotopic (exact) mass is 197 g/mol. The summed E-state index contributed by atoms with van der Waals surface area (Å²) in [4.78, 5) is 10.6. The molecular weight excluding hydrogens is 190 g/mol. The van der Waals surface area contributed by atoms with E-state index in [9.17, 15) is 13.2 Å². The Balaban J connectivity index is 3.00. The fourth-order valence-corrected chi connectivity index (χ4v) is 1.18. The van der Waals surface area contributed by atoms with E-state index >= 15 is 0 Å². The number of carbonyl (C=O) groups excluding carboxylic acids is 1. The maximum absolute atomic E-state index is 10.9. The summed E-state index contributed by atoms with van der Waals surface area (Å²) in [7, 11) is -3.60. The van der Waals surface area contributed by atoms with E-state index in [-0.39, 0.29) is 11.5 Å². The minimum atomic E-state index is -3.60. The molecule has 0 N–H and O–H groups in total. The number of rotatable bonds is 2. The van der Waals surface area contributed by atoms with Crippen molar-refractivity contribution < 1.29 is 13.2 Å². The van der Waals surface area contributed by atoms with Gasteiger partial charge in [-0.05, 0) is 24.3 Å². The van der Waals surface area contributed by atoms with Crippen LogP contribution in [-0.4, -0.2) is 19.9 Å². The number of nitrogens with zero attached hydrogens (tertiary/aromatic N) is 1. The lowest BCUT2D eigenvalue weighted by molar-refractivity contribution is -0.110. The van der Waals surface area contributed by atoms with E-state index in [2.05, 4.69) is 11.0 Å². The van der Waals surface area contributed by atoms with Gasteiger partial charge >= 0.3 is 0 Å². The fourth-order valence-electron chi connectivity index (χ4n) is 0.691. The maximum Gasteiger partial charge on any atom is 0.275 e. The Bertz CT molecular complexity index is 408. The Morgan fingerprint density at radius 2 is 1.77 bits per heavy atom. The second-order valence-electron chi connectivity index (χ2n) is 2.27. The molecule has 0 radical (unpaired) electrons. The van der Waals surface area contributed by atoms with Crippen LogP contribution in [0.3, 0.4) is 0 Å². The van der Waals surface area contributed by atoms with E-state index in [4.69, 9.17) is 0 Å². The molecule has 4 nitrogen and oxygen atoms in total. The van der Waals surface area contributed by atoms with Crippen LogP contribution in [0.15, 0.2) is 40.7 Å². The first-order valence-electron chi connectivity index (χ1n) is 3.41. The molecule has 0 aliphatic heterocycles. The van der Waals surface area contributed by atoms with Gasteiger partial charge in [-0.1, -0.05) is 6.58 Å². The van der Waals surface area contributed by atoms with Crippen LogP contribution in [0.2, 0.25) is 0 Å². The van der Waals surface area contributed by atoms with Gasteiger partial charge in [0.15, 0.2) is 5.78 Å². The largest absolute Gasteiger partial charge is 0.290 e. The lowest BCUT2D eigenvalue weighted by Crippen LogP contribution is -2.02. The molecule has 0 atom stereocenters. The number of hydrogen-bond acceptors (Lipinski definition) is 3. The van der Waals surface area contributed by atoms with Gasteiger partial charge in [0, 0.05) is 5.41 Å². The molecule has 0 bridgehead atoms. The minimum Gasteiger partial charge on any atom is -0.290 e. The van der Waals surface area contributed by atoms with E-state index in [0.717, 1.165) is 5.41 Å². The van der Waals surface area contributed by atoms with Gasteiger partial charge in [0.2, 0.25) is 0 Å². The van der Waals surface area contributed by atoms with E-state index < -0.39 is 10.0 Å². The molecule has 0 aromatic heterocycles. The van der Waals surface area contributed by atoms with Crippen molar-refractivity contribution >= 4 is 21.5 Å². The van der Waals surface area contributed by atoms with Crippen LogP contribution in [0.1, 0.15) is 0 Å². The first-order valence-corrected chi connectivity index (χ1v) is 4.91. The second kappa shape index (κ2) is 3.49. The molecule has 5 heteroatoms. The Kier molecular flexibility index (Phi) is 2.57. The van der Waals surface area contributed by atoms with E-state index in [1.165, 1.54) is 24.3 Å². The zero-order chi connectivity index (χ0) is 9.90. The average Bonchev–Trinajstić information content (AvgIpc) is 2.09. The molecule has 0 saturated carbocycles. The second-order valence-corrected chi connectivity index (χ2v) is 3.81. The summed E-state index contributed by atoms with van der Waals surface area (Å²) < 4.78 is 25.1. The van der Waals surface area contributed by atoms with Gasteiger partial charge in [-0.25, -0.2) is 0 Å². The third kappa shape index (κ3) is 2.79. The fraction of sp³-hybridized carbons (Fsp3) is 0. The number of sulfonamides is 1. The molecule has 0 saturated heterocycles. The topological polar surface area (TPSA) is 63.6 Å². The average molecular weight is 197 g/mol. The van der Waals surface area contributed by atoms with E-state index in [0.29, 0.717) is 0 Å². The summed E-state index contributed by atoms with van der Waals surface area (Å²) in [5.41, 5.74) is 0.222. The van der Waals surface area contributed by atoms with Crippen LogP contribution in [0.25, 0.3) is 0 Å². The molecule has 1 rings (SSSR count). The van der Waals surface area contributed by atoms with Crippen molar-refractivity contribution in [2.45, 2.75) is 0 Å². The first kappa shape index (κ1) is 9.60. The summed E-state index contributed by atoms with van der Waals surface area (Å²) in [5, 5.41) is 0.748. The highest BCUT2D eigenvalue weighted by atomic mass is 32.2. The minimum absolute atomic E-state index is 0.185. The Morgan fingerprint density at radius 1 is 1.23 bits per heavy atom. The van der Waals surface area contributed by atoms with Crippen LogP contribution in [0.5, 0.6) is 0 Å². The maximum atomic E-state index is 10.9. The molecule has 0 fully saturated rings. The van der Waals surface area contributed by atoms with Gasteiger partial charge in [0.05, 0.1) is 5.71 Å². The van der Waals surface area contributed by atoms with Gasteiger partial charge in [0.1, 0.15) is 0 Å². The van der Waals surface area contributed by atoms with Crippen molar-refractivity contribution in [3.05, 3.63) is 36.3 Å². The molecule has 0 aromatic carbocycles. The zero-order valence-corrected chi connectivity index (χ0v) is 7.49. The summed E-state index contributed by atoms with van der Waals surface area (Å²) in [6, 6.07) is 0. The Hall–Kier alpha value is -1.49. The van der Waals surface area contributed by atoms with Crippen molar-refractivity contribution in [3.63, 3.8) is 0 Å². The zero-order valence-electron chi connectivity index (χ0n) is 6.67. The lowest BCUT2D eigenvalue weighted by atomic mass is 10.2. The molecule has 0 unspecified atom stereocenters. The van der Waals surface area contributed by atoms with Crippen LogP contribution in [0.4, 0.5) is 0 Å². The number of allylic oxidation sites excluding steroid dienone is 4. The predicted octanol–water partition coefficient (Wildman–Crippen LogP) is 0.596. The highest BCUT2D eigenvalue weighted by molar-refractivity contribution is 7.93. The molecule has 0 heterocycles. The lowest BCUT2D eigenvalue weighted by Gasteiger charge is -1.96. The normalized spacial score (nSPS) is 16.0. The van der Waals surface area contributed by atoms with Gasteiger partial charge in [0.25, 0.3) is 10.0 Å². The summed E-state index contributed by atoms with van der Waals surface area (Å²) in [5.74, 6) is -0.185. The molecule has 1 aliphatic rings. The van der Waals surface area contributed by atoms with Crippen LogP contribution in [0, 0.1) is 0 Å². The molecule has 13 heavy (non-hydrogen) atoms. The van der Waals surface area contributed by atoms with E-state index in [1.54, 1.807) is 0 Å². The van der Waals surface area contributed by atoms with Gasteiger partial charge in [-0.15, -0.1) is 0 Å². The highest BCUT2D eigenvalue weighted by Crippen LogP contribution is 2.00. The van der Waals surface area contributed by atoms with E-state index in [1.807, 2.05) is 0 Å². The quantitative estimate of drug-likeness (QED) is 0.609. The summed E-state index contributed by atoms with van der Waals surface area (Å²) in [6.45, 7) is 3.10. The van der Waals surface area contributed by atoms with Crippen LogP contribution in [-0.2, 0) is 14.8 Å². The van der Waals surface area contributed by atoms with Gasteiger partial charge in [-0.3, -0.25) is 4.79 Å². The Morgan fingerprint density at radius 3 is 2.23 bits per heavy atom. The molecule has 0 aromatic rings.